The van der Waals surface area contributed by atoms with Crippen molar-refractivity contribution in [2.24, 2.45) is 0 Å². The standard InChI is InChI=1S/C19H19N3OS/c1-15(23)19-9-8-18(24-19)14-22(12-16-6-2-4-10-20-16)13-17-7-3-5-11-21-17/h2-11H,12-14H2,1H3. The zero-order valence-corrected chi connectivity index (χ0v) is 14.4. The van der Waals surface area contributed by atoms with Crippen molar-refractivity contribution < 1.29 is 4.79 Å². The van der Waals surface area contributed by atoms with Crippen molar-refractivity contribution in [3.05, 3.63) is 82.1 Å². The van der Waals surface area contributed by atoms with Crippen LogP contribution in [0.25, 0.3) is 0 Å². The first-order chi connectivity index (χ1) is 11.7. The van der Waals surface area contributed by atoms with E-state index in [1.807, 2.05) is 60.9 Å². The third-order valence-electron chi connectivity index (χ3n) is 3.61. The highest BCUT2D eigenvalue weighted by Crippen LogP contribution is 2.20. The van der Waals surface area contributed by atoms with E-state index in [0.29, 0.717) is 0 Å². The fraction of sp³-hybridized carbons (Fsp3) is 0.211. The monoisotopic (exact) mass is 337 g/mol. The van der Waals surface area contributed by atoms with Crippen molar-refractivity contribution in [3.8, 4) is 0 Å². The molecule has 0 amide bonds. The molecule has 3 aromatic rings. The van der Waals surface area contributed by atoms with Crippen LogP contribution in [0.4, 0.5) is 0 Å². The second-order valence-electron chi connectivity index (χ2n) is 5.61. The van der Waals surface area contributed by atoms with Crippen molar-refractivity contribution in [3.63, 3.8) is 0 Å². The first kappa shape index (κ1) is 16.5. The summed E-state index contributed by atoms with van der Waals surface area (Å²) in [6.07, 6.45) is 3.63. The molecule has 5 heteroatoms. The predicted octanol–water partition coefficient (Wildman–Crippen LogP) is 3.94. The third kappa shape index (κ3) is 4.57. The molecule has 3 rings (SSSR count). The number of hydrogen-bond acceptors (Lipinski definition) is 5. The summed E-state index contributed by atoms with van der Waals surface area (Å²) < 4.78 is 0. The molecule has 0 aliphatic rings. The molecular formula is C19H19N3OS. The van der Waals surface area contributed by atoms with Gasteiger partial charge in [-0.3, -0.25) is 19.7 Å². The Balaban J connectivity index is 1.76. The van der Waals surface area contributed by atoms with Gasteiger partial charge in [0.1, 0.15) is 0 Å². The molecular weight excluding hydrogens is 318 g/mol. The van der Waals surface area contributed by atoms with E-state index in [4.69, 9.17) is 0 Å². The van der Waals surface area contributed by atoms with Gasteiger partial charge in [-0.2, -0.15) is 0 Å². The van der Waals surface area contributed by atoms with Gasteiger partial charge in [0.05, 0.1) is 16.3 Å². The van der Waals surface area contributed by atoms with E-state index in [1.54, 1.807) is 18.3 Å². The highest BCUT2D eigenvalue weighted by molar-refractivity contribution is 7.14. The molecule has 0 aromatic carbocycles. The van der Waals surface area contributed by atoms with Gasteiger partial charge in [0.25, 0.3) is 0 Å². The van der Waals surface area contributed by atoms with Crippen LogP contribution >= 0.6 is 11.3 Å². The minimum absolute atomic E-state index is 0.118. The summed E-state index contributed by atoms with van der Waals surface area (Å²) in [6, 6.07) is 15.8. The predicted molar refractivity (Wildman–Crippen MR) is 95.7 cm³/mol. The average molecular weight is 337 g/mol. The van der Waals surface area contributed by atoms with Crippen molar-refractivity contribution in [2.75, 3.05) is 0 Å². The molecule has 4 nitrogen and oxygen atoms in total. The number of ketones is 1. The van der Waals surface area contributed by atoms with Gasteiger partial charge in [0.2, 0.25) is 0 Å². The molecule has 24 heavy (non-hydrogen) atoms. The minimum atomic E-state index is 0.118. The molecule has 0 spiro atoms. The quantitative estimate of drug-likeness (QED) is 0.613. The van der Waals surface area contributed by atoms with E-state index in [9.17, 15) is 4.79 Å². The van der Waals surface area contributed by atoms with Crippen LogP contribution in [-0.4, -0.2) is 20.7 Å². The first-order valence-corrected chi connectivity index (χ1v) is 8.64. The highest BCUT2D eigenvalue weighted by Gasteiger charge is 2.12. The Morgan fingerprint density at radius 2 is 1.54 bits per heavy atom. The molecule has 0 aliphatic carbocycles. The molecule has 3 aromatic heterocycles. The topological polar surface area (TPSA) is 46.1 Å². The Kier molecular flexibility index (Phi) is 5.46. The molecule has 122 valence electrons. The Bertz CT molecular complexity index is 745. The van der Waals surface area contributed by atoms with E-state index in [1.165, 1.54) is 4.88 Å². The van der Waals surface area contributed by atoms with Crippen molar-refractivity contribution >= 4 is 17.1 Å². The van der Waals surface area contributed by atoms with Gasteiger partial charge in [-0.25, -0.2) is 0 Å². The van der Waals surface area contributed by atoms with E-state index in [-0.39, 0.29) is 5.78 Å². The van der Waals surface area contributed by atoms with Gasteiger partial charge in [0.15, 0.2) is 5.78 Å². The zero-order chi connectivity index (χ0) is 16.8. The second kappa shape index (κ2) is 7.95. The molecule has 0 unspecified atom stereocenters. The van der Waals surface area contributed by atoms with E-state index < -0.39 is 0 Å². The minimum Gasteiger partial charge on any atom is -0.294 e. The average Bonchev–Trinajstić information content (AvgIpc) is 3.05. The molecule has 3 heterocycles. The van der Waals surface area contributed by atoms with Crippen LogP contribution in [0.3, 0.4) is 0 Å². The summed E-state index contributed by atoms with van der Waals surface area (Å²) >= 11 is 1.56. The van der Waals surface area contributed by atoms with Crippen LogP contribution in [0.15, 0.2) is 60.9 Å². The number of aromatic nitrogens is 2. The number of carbonyl (C=O) groups excluding carboxylic acids is 1. The van der Waals surface area contributed by atoms with Gasteiger partial charge >= 0.3 is 0 Å². The van der Waals surface area contributed by atoms with Crippen LogP contribution < -0.4 is 0 Å². The summed E-state index contributed by atoms with van der Waals surface area (Å²) in [4.78, 5) is 24.6. The van der Waals surface area contributed by atoms with Crippen LogP contribution in [0.5, 0.6) is 0 Å². The number of carbonyl (C=O) groups is 1. The van der Waals surface area contributed by atoms with Crippen LogP contribution in [-0.2, 0) is 19.6 Å². The highest BCUT2D eigenvalue weighted by atomic mass is 32.1. The summed E-state index contributed by atoms with van der Waals surface area (Å²) in [6.45, 7) is 3.86. The van der Waals surface area contributed by atoms with E-state index in [2.05, 4.69) is 14.9 Å². The lowest BCUT2D eigenvalue weighted by atomic mass is 10.2. The summed E-state index contributed by atoms with van der Waals surface area (Å²) in [5.41, 5.74) is 2.05. The van der Waals surface area contributed by atoms with Gasteiger partial charge < -0.3 is 0 Å². The van der Waals surface area contributed by atoms with Gasteiger partial charge in [0, 0.05) is 36.9 Å². The number of nitrogens with zero attached hydrogens (tertiary/aromatic N) is 3. The molecule has 0 radical (unpaired) electrons. The Morgan fingerprint density at radius 3 is 2.00 bits per heavy atom. The Hall–Kier alpha value is -2.37. The number of Topliss-reactive ketones (excluding diaryl/α,β-unsaturated/α-hetero) is 1. The Labute approximate surface area is 145 Å². The van der Waals surface area contributed by atoms with E-state index >= 15 is 0 Å². The van der Waals surface area contributed by atoms with Crippen LogP contribution in [0, 0.1) is 0 Å². The molecule has 0 saturated carbocycles. The van der Waals surface area contributed by atoms with Crippen molar-refractivity contribution in [1.29, 1.82) is 0 Å². The van der Waals surface area contributed by atoms with Crippen molar-refractivity contribution in [2.45, 2.75) is 26.6 Å². The lowest BCUT2D eigenvalue weighted by molar-refractivity contribution is 0.102. The normalized spacial score (nSPS) is 10.9. The maximum Gasteiger partial charge on any atom is 0.169 e. The molecule has 0 fully saturated rings. The largest absolute Gasteiger partial charge is 0.294 e. The van der Waals surface area contributed by atoms with Gasteiger partial charge in [-0.05, 0) is 43.3 Å². The molecule has 0 atom stereocenters. The molecule has 0 saturated heterocycles. The summed E-state index contributed by atoms with van der Waals surface area (Å²) in [5, 5.41) is 0. The number of pyridine rings is 2. The zero-order valence-electron chi connectivity index (χ0n) is 13.6. The summed E-state index contributed by atoms with van der Waals surface area (Å²) in [7, 11) is 0. The van der Waals surface area contributed by atoms with E-state index in [0.717, 1.165) is 35.9 Å². The molecule has 0 bridgehead atoms. The fourth-order valence-corrected chi connectivity index (χ4v) is 3.43. The smallest absolute Gasteiger partial charge is 0.169 e. The molecule has 0 aliphatic heterocycles. The van der Waals surface area contributed by atoms with Crippen molar-refractivity contribution in [1.82, 2.24) is 14.9 Å². The lowest BCUT2D eigenvalue weighted by Gasteiger charge is -2.21. The second-order valence-corrected chi connectivity index (χ2v) is 6.78. The SMILES string of the molecule is CC(=O)c1ccc(CN(Cc2ccccn2)Cc2ccccn2)s1. The van der Waals surface area contributed by atoms with Gasteiger partial charge in [-0.1, -0.05) is 12.1 Å². The number of hydrogen-bond donors (Lipinski definition) is 0. The first-order valence-electron chi connectivity index (χ1n) is 7.82. The fourth-order valence-electron chi connectivity index (χ4n) is 2.48. The molecule has 0 N–H and O–H groups in total. The van der Waals surface area contributed by atoms with Gasteiger partial charge in [-0.15, -0.1) is 11.3 Å². The number of thiophene rings is 1. The van der Waals surface area contributed by atoms with Crippen LogP contribution in [0.1, 0.15) is 32.9 Å². The maximum absolute atomic E-state index is 11.5. The Morgan fingerprint density at radius 1 is 0.917 bits per heavy atom. The summed E-state index contributed by atoms with van der Waals surface area (Å²) in [5.74, 6) is 0.118. The van der Waals surface area contributed by atoms with Crippen LogP contribution in [0.2, 0.25) is 0 Å². The lowest BCUT2D eigenvalue weighted by Crippen LogP contribution is -2.23. The third-order valence-corrected chi connectivity index (χ3v) is 4.78. The maximum atomic E-state index is 11.5. The number of rotatable bonds is 7.